The molecule has 0 saturated carbocycles. The predicted octanol–water partition coefficient (Wildman–Crippen LogP) is 2.41. The van der Waals surface area contributed by atoms with Crippen molar-refractivity contribution >= 4 is 28.1 Å². The standard InChI is InChI=1S/C15H14N6O2/c1-8-16-14(13-15(17-8)22-9(2)18-13)21(3)7-10-4-5-11-12(6-10)20-23-19-11/h4-6H,7H2,1-3H3. The average molecular weight is 310 g/mol. The molecule has 0 fully saturated rings. The molecule has 23 heavy (non-hydrogen) atoms. The zero-order valence-electron chi connectivity index (χ0n) is 12.9. The molecule has 8 nitrogen and oxygen atoms in total. The number of nitrogens with zero attached hydrogens (tertiary/aromatic N) is 6. The number of aryl methyl sites for hydroxylation is 2. The minimum Gasteiger partial charge on any atom is -0.422 e. The SMILES string of the molecule is Cc1nc(N(C)Cc2ccc3nonc3c2)c2nc(C)oc2n1. The van der Waals surface area contributed by atoms with E-state index in [1.807, 2.05) is 37.1 Å². The molecule has 8 heteroatoms. The Labute approximate surface area is 131 Å². The highest BCUT2D eigenvalue weighted by Gasteiger charge is 2.16. The molecule has 0 radical (unpaired) electrons. The van der Waals surface area contributed by atoms with Crippen LogP contribution in [0.25, 0.3) is 22.3 Å². The first-order valence-corrected chi connectivity index (χ1v) is 7.14. The van der Waals surface area contributed by atoms with E-state index < -0.39 is 0 Å². The zero-order valence-corrected chi connectivity index (χ0v) is 12.9. The van der Waals surface area contributed by atoms with Crippen LogP contribution in [0.1, 0.15) is 17.3 Å². The lowest BCUT2D eigenvalue weighted by molar-refractivity contribution is 0.315. The largest absolute Gasteiger partial charge is 0.422 e. The lowest BCUT2D eigenvalue weighted by Gasteiger charge is -2.18. The van der Waals surface area contributed by atoms with Crippen molar-refractivity contribution in [2.75, 3.05) is 11.9 Å². The van der Waals surface area contributed by atoms with Crippen molar-refractivity contribution in [1.82, 2.24) is 25.3 Å². The van der Waals surface area contributed by atoms with E-state index in [-0.39, 0.29) is 0 Å². The molecule has 0 unspecified atom stereocenters. The van der Waals surface area contributed by atoms with E-state index in [1.165, 1.54) is 0 Å². The molecule has 116 valence electrons. The Morgan fingerprint density at radius 1 is 1.04 bits per heavy atom. The molecule has 0 spiro atoms. The van der Waals surface area contributed by atoms with E-state index >= 15 is 0 Å². The number of anilines is 1. The predicted molar refractivity (Wildman–Crippen MR) is 83.0 cm³/mol. The highest BCUT2D eigenvalue weighted by Crippen LogP contribution is 2.24. The minimum absolute atomic E-state index is 0.507. The summed E-state index contributed by atoms with van der Waals surface area (Å²) in [7, 11) is 1.95. The van der Waals surface area contributed by atoms with Crippen LogP contribution in [0.15, 0.2) is 27.2 Å². The molecule has 0 aliphatic carbocycles. The third-order valence-corrected chi connectivity index (χ3v) is 3.56. The molecule has 0 aliphatic heterocycles. The molecule has 0 aliphatic rings. The summed E-state index contributed by atoms with van der Waals surface area (Å²) in [5.74, 6) is 1.96. The van der Waals surface area contributed by atoms with Crippen LogP contribution in [0.5, 0.6) is 0 Å². The Morgan fingerprint density at radius 2 is 1.87 bits per heavy atom. The second-order valence-electron chi connectivity index (χ2n) is 5.42. The van der Waals surface area contributed by atoms with Crippen molar-refractivity contribution in [2.45, 2.75) is 20.4 Å². The first kappa shape index (κ1) is 13.6. The Morgan fingerprint density at radius 3 is 2.74 bits per heavy atom. The third-order valence-electron chi connectivity index (χ3n) is 3.56. The van der Waals surface area contributed by atoms with E-state index in [0.29, 0.717) is 29.5 Å². The summed E-state index contributed by atoms with van der Waals surface area (Å²) in [5.41, 5.74) is 3.72. The van der Waals surface area contributed by atoms with Gasteiger partial charge in [-0.15, -0.1) is 0 Å². The van der Waals surface area contributed by atoms with E-state index in [0.717, 1.165) is 22.4 Å². The first-order chi connectivity index (χ1) is 11.1. The van der Waals surface area contributed by atoms with Gasteiger partial charge in [0.2, 0.25) is 0 Å². The van der Waals surface area contributed by atoms with Gasteiger partial charge in [0.25, 0.3) is 5.71 Å². The molecule has 3 heterocycles. The van der Waals surface area contributed by atoms with Crippen molar-refractivity contribution in [1.29, 1.82) is 0 Å². The summed E-state index contributed by atoms with van der Waals surface area (Å²) >= 11 is 0. The minimum atomic E-state index is 0.507. The topological polar surface area (TPSA) is 94.0 Å². The van der Waals surface area contributed by atoms with Gasteiger partial charge in [0.15, 0.2) is 17.2 Å². The van der Waals surface area contributed by atoms with Crippen molar-refractivity contribution in [3.8, 4) is 0 Å². The molecule has 4 aromatic rings. The normalized spacial score (nSPS) is 11.4. The molecular weight excluding hydrogens is 296 g/mol. The lowest BCUT2D eigenvalue weighted by atomic mass is 10.2. The van der Waals surface area contributed by atoms with Crippen LogP contribution in [-0.2, 0) is 6.54 Å². The Bertz CT molecular complexity index is 1010. The summed E-state index contributed by atoms with van der Waals surface area (Å²) in [6.07, 6.45) is 0. The maximum Gasteiger partial charge on any atom is 0.252 e. The molecular formula is C15H14N6O2. The Kier molecular flexibility index (Phi) is 2.97. The highest BCUT2D eigenvalue weighted by atomic mass is 16.6. The quantitative estimate of drug-likeness (QED) is 0.569. The lowest BCUT2D eigenvalue weighted by Crippen LogP contribution is -2.18. The van der Waals surface area contributed by atoms with Crippen molar-refractivity contribution in [3.05, 3.63) is 35.5 Å². The number of hydrogen-bond acceptors (Lipinski definition) is 8. The van der Waals surface area contributed by atoms with Crippen molar-refractivity contribution < 1.29 is 9.05 Å². The van der Waals surface area contributed by atoms with Crippen LogP contribution in [0, 0.1) is 13.8 Å². The van der Waals surface area contributed by atoms with Crippen LogP contribution >= 0.6 is 0 Å². The van der Waals surface area contributed by atoms with Gasteiger partial charge in [-0.3, -0.25) is 0 Å². The first-order valence-electron chi connectivity index (χ1n) is 7.14. The van der Waals surface area contributed by atoms with Gasteiger partial charge in [-0.25, -0.2) is 14.6 Å². The fraction of sp³-hybridized carbons (Fsp3) is 0.267. The second kappa shape index (κ2) is 5.01. The van der Waals surface area contributed by atoms with Crippen LogP contribution < -0.4 is 4.90 Å². The smallest absolute Gasteiger partial charge is 0.252 e. The number of fused-ring (bicyclic) bond motifs is 2. The number of hydrogen-bond donors (Lipinski definition) is 0. The van der Waals surface area contributed by atoms with E-state index in [9.17, 15) is 0 Å². The van der Waals surface area contributed by atoms with Gasteiger partial charge in [-0.05, 0) is 34.9 Å². The van der Waals surface area contributed by atoms with Gasteiger partial charge in [-0.1, -0.05) is 6.07 Å². The van der Waals surface area contributed by atoms with Crippen LogP contribution in [0.3, 0.4) is 0 Å². The number of aromatic nitrogens is 5. The Hall–Kier alpha value is -3.03. The molecule has 0 bridgehead atoms. The van der Waals surface area contributed by atoms with Crippen molar-refractivity contribution in [2.24, 2.45) is 0 Å². The van der Waals surface area contributed by atoms with Gasteiger partial charge >= 0.3 is 0 Å². The number of oxazole rings is 1. The Balaban J connectivity index is 1.72. The summed E-state index contributed by atoms with van der Waals surface area (Å²) in [5, 5.41) is 7.68. The summed E-state index contributed by atoms with van der Waals surface area (Å²) in [4.78, 5) is 15.2. The van der Waals surface area contributed by atoms with E-state index in [4.69, 9.17) is 9.05 Å². The van der Waals surface area contributed by atoms with Gasteiger partial charge in [0, 0.05) is 20.5 Å². The summed E-state index contributed by atoms with van der Waals surface area (Å²) in [6, 6.07) is 5.82. The van der Waals surface area contributed by atoms with Gasteiger partial charge in [-0.2, -0.15) is 4.98 Å². The maximum atomic E-state index is 5.52. The van der Waals surface area contributed by atoms with Crippen molar-refractivity contribution in [3.63, 3.8) is 0 Å². The van der Waals surface area contributed by atoms with Crippen LogP contribution in [0.4, 0.5) is 5.82 Å². The second-order valence-corrected chi connectivity index (χ2v) is 5.42. The van der Waals surface area contributed by atoms with Crippen LogP contribution in [-0.4, -0.2) is 32.3 Å². The molecule has 3 aromatic heterocycles. The fourth-order valence-electron chi connectivity index (χ4n) is 2.56. The van der Waals surface area contributed by atoms with E-state index in [2.05, 4.69) is 25.3 Å². The highest BCUT2D eigenvalue weighted by molar-refractivity contribution is 5.82. The van der Waals surface area contributed by atoms with Gasteiger partial charge in [0.1, 0.15) is 16.9 Å². The van der Waals surface area contributed by atoms with Gasteiger partial charge < -0.3 is 9.32 Å². The van der Waals surface area contributed by atoms with Crippen LogP contribution in [0.2, 0.25) is 0 Å². The molecule has 0 atom stereocenters. The molecule has 1 aromatic carbocycles. The molecule has 0 amide bonds. The monoisotopic (exact) mass is 310 g/mol. The molecule has 0 N–H and O–H groups in total. The fourth-order valence-corrected chi connectivity index (χ4v) is 2.56. The maximum absolute atomic E-state index is 5.52. The molecule has 4 rings (SSSR count). The third kappa shape index (κ3) is 2.37. The average Bonchev–Trinajstić information content (AvgIpc) is 3.10. The molecule has 0 saturated heterocycles. The number of benzene rings is 1. The van der Waals surface area contributed by atoms with Gasteiger partial charge in [0.05, 0.1) is 0 Å². The summed E-state index contributed by atoms with van der Waals surface area (Å²) in [6.45, 7) is 4.27. The number of rotatable bonds is 3. The summed E-state index contributed by atoms with van der Waals surface area (Å²) < 4.78 is 10.2. The zero-order chi connectivity index (χ0) is 16.0. The van der Waals surface area contributed by atoms with E-state index in [1.54, 1.807) is 6.92 Å².